The molecule has 0 atom stereocenters. The van der Waals surface area contributed by atoms with Crippen LogP contribution in [-0.2, 0) is 0 Å². The summed E-state index contributed by atoms with van der Waals surface area (Å²) in [4.78, 5) is 20.6. The summed E-state index contributed by atoms with van der Waals surface area (Å²) in [5.41, 5.74) is 3.95. The van der Waals surface area contributed by atoms with Gasteiger partial charge in [0.1, 0.15) is 11.6 Å². The van der Waals surface area contributed by atoms with Crippen LogP contribution in [0.2, 0.25) is 10.0 Å². The fourth-order valence-electron chi connectivity index (χ4n) is 3.32. The lowest BCUT2D eigenvalue weighted by molar-refractivity contribution is 0.0997. The number of anilines is 1. The molecule has 0 saturated heterocycles. The van der Waals surface area contributed by atoms with Gasteiger partial charge in [-0.1, -0.05) is 47.5 Å². The summed E-state index contributed by atoms with van der Waals surface area (Å²) in [6, 6.07) is 23.6. The summed E-state index contributed by atoms with van der Waals surface area (Å²) in [6.45, 7) is 0. The summed E-state index contributed by atoms with van der Waals surface area (Å²) < 4.78 is 5.72. The molecule has 0 spiro atoms. The number of nitrogens with zero attached hydrogens (tertiary/aromatic N) is 1. The minimum Gasteiger partial charge on any atom is -0.451 e. The Kier molecular flexibility index (Phi) is 4.98. The zero-order valence-corrected chi connectivity index (χ0v) is 17.5. The maximum absolute atomic E-state index is 12.7. The third-order valence-electron chi connectivity index (χ3n) is 4.81. The molecular formula is C24H15Cl2N3O2. The molecule has 0 aliphatic heterocycles. The summed E-state index contributed by atoms with van der Waals surface area (Å²) in [6.07, 6.45) is 0. The molecule has 5 aromatic rings. The van der Waals surface area contributed by atoms with E-state index < -0.39 is 0 Å². The molecular weight excluding hydrogens is 433 g/mol. The fraction of sp³-hybridized carbons (Fsp3) is 0. The molecule has 5 nitrogen and oxygen atoms in total. The number of carbonyl (C=O) groups excluding carboxylic acids is 1. The van der Waals surface area contributed by atoms with E-state index in [0.717, 1.165) is 22.4 Å². The van der Waals surface area contributed by atoms with Gasteiger partial charge in [0.2, 0.25) is 0 Å². The van der Waals surface area contributed by atoms with Crippen LogP contribution in [0.5, 0.6) is 0 Å². The predicted molar refractivity (Wildman–Crippen MR) is 124 cm³/mol. The van der Waals surface area contributed by atoms with Crippen LogP contribution in [-0.4, -0.2) is 15.9 Å². The Morgan fingerprint density at radius 2 is 1.81 bits per heavy atom. The molecule has 0 bridgehead atoms. The van der Waals surface area contributed by atoms with Gasteiger partial charge < -0.3 is 14.7 Å². The lowest BCUT2D eigenvalue weighted by Gasteiger charge is -2.05. The highest BCUT2D eigenvalue weighted by molar-refractivity contribution is 6.35. The maximum atomic E-state index is 12.7. The molecule has 5 rings (SSSR count). The molecule has 0 unspecified atom stereocenters. The van der Waals surface area contributed by atoms with E-state index in [0.29, 0.717) is 27.1 Å². The quantitative estimate of drug-likeness (QED) is 0.310. The molecule has 0 aliphatic rings. The van der Waals surface area contributed by atoms with E-state index in [9.17, 15) is 4.79 Å². The van der Waals surface area contributed by atoms with Crippen molar-refractivity contribution in [3.05, 3.63) is 94.7 Å². The minimum absolute atomic E-state index is 0.167. The second-order valence-corrected chi connectivity index (χ2v) is 7.77. The molecule has 7 heteroatoms. The van der Waals surface area contributed by atoms with Crippen LogP contribution in [0, 0.1) is 0 Å². The number of carbonyl (C=O) groups is 1. The number of aromatic nitrogens is 2. The maximum Gasteiger partial charge on any atom is 0.291 e. The van der Waals surface area contributed by atoms with E-state index in [1.54, 1.807) is 30.3 Å². The average molecular weight is 448 g/mol. The Morgan fingerprint density at radius 3 is 2.68 bits per heavy atom. The molecule has 0 fully saturated rings. The van der Waals surface area contributed by atoms with Crippen LogP contribution < -0.4 is 5.32 Å². The Balaban J connectivity index is 1.38. The zero-order valence-electron chi connectivity index (χ0n) is 16.0. The van der Waals surface area contributed by atoms with Gasteiger partial charge in [-0.05, 0) is 54.6 Å². The van der Waals surface area contributed by atoms with Crippen molar-refractivity contribution in [2.24, 2.45) is 0 Å². The van der Waals surface area contributed by atoms with Crippen LogP contribution in [0.15, 0.2) is 83.3 Å². The predicted octanol–water partition coefficient (Wildman–Crippen LogP) is 7.05. The lowest BCUT2D eigenvalue weighted by Crippen LogP contribution is -2.10. The van der Waals surface area contributed by atoms with E-state index in [-0.39, 0.29) is 11.7 Å². The second-order valence-electron chi connectivity index (χ2n) is 6.93. The number of hydrogen-bond donors (Lipinski definition) is 2. The Labute approximate surface area is 187 Å². The van der Waals surface area contributed by atoms with Gasteiger partial charge >= 0.3 is 0 Å². The van der Waals surface area contributed by atoms with Gasteiger partial charge in [-0.25, -0.2) is 4.98 Å². The van der Waals surface area contributed by atoms with Crippen molar-refractivity contribution in [3.63, 3.8) is 0 Å². The summed E-state index contributed by atoms with van der Waals surface area (Å²) in [7, 11) is 0. The number of nitrogens with one attached hydrogen (secondary N) is 2. The smallest absolute Gasteiger partial charge is 0.291 e. The SMILES string of the molecule is O=C(Nc1cccc(-c2nc3ccccc3[nH]2)c1)c1ccc(-c2cc(Cl)ccc2Cl)o1. The highest BCUT2D eigenvalue weighted by atomic mass is 35.5. The van der Waals surface area contributed by atoms with Crippen molar-refractivity contribution in [3.8, 4) is 22.7 Å². The minimum atomic E-state index is -0.369. The van der Waals surface area contributed by atoms with Gasteiger partial charge in [-0.15, -0.1) is 0 Å². The van der Waals surface area contributed by atoms with E-state index in [4.69, 9.17) is 27.6 Å². The number of para-hydroxylation sites is 2. The standard InChI is InChI=1S/C24H15Cl2N3O2/c25-15-8-9-18(26)17(13-15)21-10-11-22(31-21)24(30)27-16-5-3-4-14(12-16)23-28-19-6-1-2-7-20(19)29-23/h1-13H,(H,27,30)(H,28,29). The third kappa shape index (κ3) is 3.93. The van der Waals surface area contributed by atoms with Crippen LogP contribution in [0.1, 0.15) is 10.6 Å². The number of fused-ring (bicyclic) bond motifs is 1. The van der Waals surface area contributed by atoms with Gasteiger partial charge in [0, 0.05) is 21.8 Å². The van der Waals surface area contributed by atoms with Crippen molar-refractivity contribution in [1.82, 2.24) is 9.97 Å². The zero-order chi connectivity index (χ0) is 21.4. The number of furan rings is 1. The lowest BCUT2D eigenvalue weighted by atomic mass is 10.2. The fourth-order valence-corrected chi connectivity index (χ4v) is 3.70. The van der Waals surface area contributed by atoms with E-state index in [2.05, 4.69) is 15.3 Å². The molecule has 2 heterocycles. The molecule has 2 aromatic heterocycles. The van der Waals surface area contributed by atoms with Crippen molar-refractivity contribution < 1.29 is 9.21 Å². The Morgan fingerprint density at radius 1 is 0.935 bits per heavy atom. The van der Waals surface area contributed by atoms with Crippen LogP contribution >= 0.6 is 23.2 Å². The van der Waals surface area contributed by atoms with Gasteiger partial charge in [0.25, 0.3) is 5.91 Å². The Hall–Kier alpha value is -3.54. The molecule has 0 aliphatic carbocycles. The van der Waals surface area contributed by atoms with Crippen LogP contribution in [0.3, 0.4) is 0 Å². The molecule has 1 amide bonds. The number of halogens is 2. The molecule has 0 radical (unpaired) electrons. The molecule has 0 saturated carbocycles. The largest absolute Gasteiger partial charge is 0.451 e. The molecule has 31 heavy (non-hydrogen) atoms. The molecule has 3 aromatic carbocycles. The number of aromatic amines is 1. The highest BCUT2D eigenvalue weighted by Crippen LogP contribution is 2.32. The number of H-pyrrole nitrogens is 1. The van der Waals surface area contributed by atoms with Crippen molar-refractivity contribution in [1.29, 1.82) is 0 Å². The van der Waals surface area contributed by atoms with E-state index >= 15 is 0 Å². The molecule has 2 N–H and O–H groups in total. The van der Waals surface area contributed by atoms with Crippen LogP contribution in [0.4, 0.5) is 5.69 Å². The summed E-state index contributed by atoms with van der Waals surface area (Å²) in [5, 5.41) is 3.88. The first-order valence-corrected chi connectivity index (χ1v) is 10.2. The van der Waals surface area contributed by atoms with Gasteiger partial charge in [-0.3, -0.25) is 4.79 Å². The van der Waals surface area contributed by atoms with Crippen molar-refractivity contribution in [2.45, 2.75) is 0 Å². The van der Waals surface area contributed by atoms with Gasteiger partial charge in [0.05, 0.1) is 16.1 Å². The first-order valence-electron chi connectivity index (χ1n) is 9.48. The topological polar surface area (TPSA) is 70.9 Å². The second kappa shape index (κ2) is 7.95. The van der Waals surface area contributed by atoms with Crippen molar-refractivity contribution >= 4 is 45.8 Å². The number of amides is 1. The first kappa shape index (κ1) is 19.4. The Bertz CT molecular complexity index is 1390. The average Bonchev–Trinajstić information content (AvgIpc) is 3.43. The summed E-state index contributed by atoms with van der Waals surface area (Å²) >= 11 is 12.3. The summed E-state index contributed by atoms with van der Waals surface area (Å²) in [5.74, 6) is 0.994. The number of rotatable bonds is 4. The number of hydrogen-bond acceptors (Lipinski definition) is 3. The van der Waals surface area contributed by atoms with Gasteiger partial charge in [-0.2, -0.15) is 0 Å². The molecule has 152 valence electrons. The third-order valence-corrected chi connectivity index (χ3v) is 5.37. The first-order chi connectivity index (χ1) is 15.1. The normalized spacial score (nSPS) is 11.0. The van der Waals surface area contributed by atoms with E-state index in [1.165, 1.54) is 0 Å². The number of benzene rings is 3. The van der Waals surface area contributed by atoms with Crippen LogP contribution in [0.25, 0.3) is 33.7 Å². The van der Waals surface area contributed by atoms with E-state index in [1.807, 2.05) is 48.5 Å². The monoisotopic (exact) mass is 447 g/mol. The van der Waals surface area contributed by atoms with Crippen molar-refractivity contribution in [2.75, 3.05) is 5.32 Å². The highest BCUT2D eigenvalue weighted by Gasteiger charge is 2.15. The number of imidazole rings is 1. The van der Waals surface area contributed by atoms with Gasteiger partial charge in [0.15, 0.2) is 5.76 Å².